The van der Waals surface area contributed by atoms with Crippen LogP contribution >= 0.6 is 0 Å². The van der Waals surface area contributed by atoms with Crippen molar-refractivity contribution in [3.05, 3.63) is 18.0 Å². The highest BCUT2D eigenvalue weighted by atomic mass is 16.3. The normalized spacial score (nSPS) is 13.1. The van der Waals surface area contributed by atoms with Crippen LogP contribution in [-0.2, 0) is 6.54 Å². The molecule has 80 valence electrons. The molecule has 14 heavy (non-hydrogen) atoms. The van der Waals surface area contributed by atoms with Crippen LogP contribution in [0.25, 0.3) is 0 Å². The van der Waals surface area contributed by atoms with E-state index >= 15 is 0 Å². The summed E-state index contributed by atoms with van der Waals surface area (Å²) in [5, 5.41) is 22.4. The zero-order valence-corrected chi connectivity index (χ0v) is 8.56. The van der Waals surface area contributed by atoms with Crippen molar-refractivity contribution < 1.29 is 10.2 Å². The van der Waals surface area contributed by atoms with Crippen LogP contribution in [0.15, 0.2) is 12.3 Å². The van der Waals surface area contributed by atoms with E-state index in [2.05, 4.69) is 12.0 Å². The molecule has 0 aliphatic heterocycles. The molecular formula is C10H18N2O2. The lowest BCUT2D eigenvalue weighted by molar-refractivity contribution is 0.130. The fraction of sp³-hybridized carbons (Fsp3) is 0.700. The molecule has 2 N–H and O–H groups in total. The van der Waals surface area contributed by atoms with Crippen molar-refractivity contribution >= 4 is 0 Å². The van der Waals surface area contributed by atoms with Gasteiger partial charge in [-0.05, 0) is 12.5 Å². The zero-order chi connectivity index (χ0) is 10.4. The standard InChI is InChI=1S/C10H18N2O2/c1-2-3-6-12-7-4-9(11-12)10(14)5-8-13/h4,7,10,13-14H,2-3,5-6,8H2,1H3/t10-/m0/s1. The van der Waals surface area contributed by atoms with Crippen LogP contribution in [0.3, 0.4) is 0 Å². The molecule has 0 unspecified atom stereocenters. The SMILES string of the molecule is CCCCn1ccc([C@@H](O)CCO)n1. The Hall–Kier alpha value is -0.870. The number of aliphatic hydroxyl groups excluding tert-OH is 2. The summed E-state index contributed by atoms with van der Waals surface area (Å²) >= 11 is 0. The van der Waals surface area contributed by atoms with Gasteiger partial charge in [-0.1, -0.05) is 13.3 Å². The quantitative estimate of drug-likeness (QED) is 0.719. The highest BCUT2D eigenvalue weighted by Crippen LogP contribution is 2.13. The van der Waals surface area contributed by atoms with Gasteiger partial charge in [-0.25, -0.2) is 0 Å². The topological polar surface area (TPSA) is 58.3 Å². The molecule has 4 nitrogen and oxygen atoms in total. The average Bonchev–Trinajstić information content (AvgIpc) is 2.63. The Kier molecular flexibility index (Phi) is 4.62. The first kappa shape index (κ1) is 11.2. The van der Waals surface area contributed by atoms with Crippen LogP contribution < -0.4 is 0 Å². The molecule has 1 atom stereocenters. The van der Waals surface area contributed by atoms with E-state index in [0.717, 1.165) is 19.4 Å². The molecule has 1 aromatic rings. The van der Waals surface area contributed by atoms with Gasteiger partial charge in [0, 0.05) is 25.8 Å². The minimum atomic E-state index is -0.636. The summed E-state index contributed by atoms with van der Waals surface area (Å²) in [5.74, 6) is 0. The smallest absolute Gasteiger partial charge is 0.1000 e. The van der Waals surface area contributed by atoms with Crippen LogP contribution in [0.2, 0.25) is 0 Å². The lowest BCUT2D eigenvalue weighted by Crippen LogP contribution is -2.04. The number of aromatic nitrogens is 2. The van der Waals surface area contributed by atoms with Gasteiger partial charge < -0.3 is 10.2 Å². The second-order valence-electron chi connectivity index (χ2n) is 3.39. The Balaban J connectivity index is 2.49. The van der Waals surface area contributed by atoms with E-state index in [1.165, 1.54) is 0 Å². The van der Waals surface area contributed by atoms with Crippen molar-refractivity contribution in [1.29, 1.82) is 0 Å². The van der Waals surface area contributed by atoms with Crippen molar-refractivity contribution in [1.82, 2.24) is 9.78 Å². The second kappa shape index (κ2) is 5.78. The lowest BCUT2D eigenvalue weighted by Gasteiger charge is -2.04. The number of unbranched alkanes of at least 4 members (excludes halogenated alkanes) is 1. The molecule has 1 heterocycles. The molecule has 4 heteroatoms. The predicted molar refractivity (Wildman–Crippen MR) is 53.8 cm³/mol. The number of nitrogens with zero attached hydrogens (tertiary/aromatic N) is 2. The number of hydrogen-bond donors (Lipinski definition) is 2. The summed E-state index contributed by atoms with van der Waals surface area (Å²) in [6.45, 7) is 3.01. The fourth-order valence-electron chi connectivity index (χ4n) is 1.27. The van der Waals surface area contributed by atoms with Crippen molar-refractivity contribution in [2.24, 2.45) is 0 Å². The largest absolute Gasteiger partial charge is 0.396 e. The Labute approximate surface area is 84.2 Å². The van der Waals surface area contributed by atoms with Crippen LogP contribution in [-0.4, -0.2) is 26.6 Å². The summed E-state index contributed by atoms with van der Waals surface area (Å²) < 4.78 is 1.83. The number of aliphatic hydroxyl groups is 2. The molecular weight excluding hydrogens is 180 g/mol. The zero-order valence-electron chi connectivity index (χ0n) is 8.56. The fourth-order valence-corrected chi connectivity index (χ4v) is 1.27. The van der Waals surface area contributed by atoms with Crippen LogP contribution in [0.4, 0.5) is 0 Å². The number of aryl methyl sites for hydroxylation is 1. The van der Waals surface area contributed by atoms with Gasteiger partial charge in [-0.2, -0.15) is 5.10 Å². The maximum atomic E-state index is 9.52. The maximum absolute atomic E-state index is 9.52. The minimum absolute atomic E-state index is 0.0109. The van der Waals surface area contributed by atoms with Gasteiger partial charge in [0.2, 0.25) is 0 Å². The highest BCUT2D eigenvalue weighted by molar-refractivity contribution is 5.02. The van der Waals surface area contributed by atoms with Crippen molar-refractivity contribution in [3.8, 4) is 0 Å². The second-order valence-corrected chi connectivity index (χ2v) is 3.39. The highest BCUT2D eigenvalue weighted by Gasteiger charge is 2.09. The Morgan fingerprint density at radius 3 is 3.00 bits per heavy atom. The number of hydrogen-bond acceptors (Lipinski definition) is 3. The molecule has 0 aliphatic carbocycles. The van der Waals surface area contributed by atoms with E-state index in [0.29, 0.717) is 12.1 Å². The van der Waals surface area contributed by atoms with Gasteiger partial charge in [0.1, 0.15) is 0 Å². The minimum Gasteiger partial charge on any atom is -0.396 e. The van der Waals surface area contributed by atoms with Gasteiger partial charge in [0.05, 0.1) is 11.8 Å². The van der Waals surface area contributed by atoms with E-state index in [-0.39, 0.29) is 6.61 Å². The average molecular weight is 198 g/mol. The monoisotopic (exact) mass is 198 g/mol. The predicted octanol–water partition coefficient (Wildman–Crippen LogP) is 1.10. The molecule has 1 aromatic heterocycles. The van der Waals surface area contributed by atoms with Gasteiger partial charge in [0.15, 0.2) is 0 Å². The molecule has 1 rings (SSSR count). The van der Waals surface area contributed by atoms with Crippen molar-refractivity contribution in [2.75, 3.05) is 6.61 Å². The molecule has 0 aliphatic rings. The van der Waals surface area contributed by atoms with Gasteiger partial charge in [-0.15, -0.1) is 0 Å². The molecule has 0 bridgehead atoms. The van der Waals surface area contributed by atoms with E-state index in [9.17, 15) is 5.11 Å². The van der Waals surface area contributed by atoms with Crippen LogP contribution in [0.5, 0.6) is 0 Å². The van der Waals surface area contributed by atoms with Crippen molar-refractivity contribution in [2.45, 2.75) is 38.8 Å². The third-order valence-electron chi connectivity index (χ3n) is 2.15. The van der Waals surface area contributed by atoms with Gasteiger partial charge >= 0.3 is 0 Å². The first-order chi connectivity index (χ1) is 6.77. The molecule has 0 aromatic carbocycles. The molecule has 0 amide bonds. The Morgan fingerprint density at radius 2 is 2.36 bits per heavy atom. The lowest BCUT2D eigenvalue weighted by atomic mass is 10.2. The molecule has 0 saturated carbocycles. The molecule has 0 saturated heterocycles. The first-order valence-corrected chi connectivity index (χ1v) is 5.10. The van der Waals surface area contributed by atoms with E-state index in [1.54, 1.807) is 6.07 Å². The third-order valence-corrected chi connectivity index (χ3v) is 2.15. The Bertz CT molecular complexity index is 260. The summed E-state index contributed by atoms with van der Waals surface area (Å²) in [5.41, 5.74) is 0.648. The number of rotatable bonds is 6. The molecule has 0 radical (unpaired) electrons. The first-order valence-electron chi connectivity index (χ1n) is 5.10. The third kappa shape index (κ3) is 3.12. The van der Waals surface area contributed by atoms with Crippen LogP contribution in [0, 0.1) is 0 Å². The van der Waals surface area contributed by atoms with E-state index in [4.69, 9.17) is 5.11 Å². The summed E-state index contributed by atoms with van der Waals surface area (Å²) in [7, 11) is 0. The summed E-state index contributed by atoms with van der Waals surface area (Å²) in [6, 6.07) is 1.80. The van der Waals surface area contributed by atoms with Crippen LogP contribution in [0.1, 0.15) is 38.0 Å². The van der Waals surface area contributed by atoms with E-state index in [1.807, 2.05) is 10.9 Å². The maximum Gasteiger partial charge on any atom is 0.1000 e. The summed E-state index contributed by atoms with van der Waals surface area (Å²) in [4.78, 5) is 0. The van der Waals surface area contributed by atoms with Crippen molar-refractivity contribution in [3.63, 3.8) is 0 Å². The summed E-state index contributed by atoms with van der Waals surface area (Å²) in [6.07, 6.45) is 3.81. The molecule has 0 spiro atoms. The molecule has 0 fully saturated rings. The van der Waals surface area contributed by atoms with E-state index < -0.39 is 6.10 Å². The van der Waals surface area contributed by atoms with Gasteiger partial charge in [-0.3, -0.25) is 4.68 Å². The Morgan fingerprint density at radius 1 is 1.57 bits per heavy atom. The van der Waals surface area contributed by atoms with Gasteiger partial charge in [0.25, 0.3) is 0 Å².